The molecule has 2 N–H and O–H groups in total. The first-order valence-electron chi connectivity index (χ1n) is 5.67. The molecule has 2 aromatic carbocycles. The average Bonchev–Trinajstić information content (AvgIpc) is 2.39. The van der Waals surface area contributed by atoms with Crippen molar-refractivity contribution in [3.63, 3.8) is 0 Å². The molecule has 0 aliphatic carbocycles. The SMILES string of the molecule is O=C(Nc1c(Br)cccc1C(=O)O)c1cc(Cl)cc(Cl)c1. The Balaban J connectivity index is 2.38. The van der Waals surface area contributed by atoms with Gasteiger partial charge in [0.05, 0.1) is 11.3 Å². The molecule has 1 amide bonds. The van der Waals surface area contributed by atoms with Crippen LogP contribution in [0.1, 0.15) is 20.7 Å². The van der Waals surface area contributed by atoms with Crippen molar-refractivity contribution in [3.05, 3.63) is 62.0 Å². The van der Waals surface area contributed by atoms with E-state index in [4.69, 9.17) is 28.3 Å². The molecule has 0 aliphatic heterocycles. The zero-order valence-corrected chi connectivity index (χ0v) is 13.5. The Bertz CT molecular complexity index is 714. The largest absolute Gasteiger partial charge is 0.478 e. The summed E-state index contributed by atoms with van der Waals surface area (Å²) in [4.78, 5) is 23.4. The Labute approximate surface area is 138 Å². The third-order valence-electron chi connectivity index (χ3n) is 2.61. The average molecular weight is 389 g/mol. The van der Waals surface area contributed by atoms with Gasteiger partial charge in [-0.05, 0) is 46.3 Å². The number of carboxylic acids is 1. The summed E-state index contributed by atoms with van der Waals surface area (Å²) in [5.74, 6) is -1.65. The fraction of sp³-hybridized carbons (Fsp3) is 0. The van der Waals surface area contributed by atoms with Crippen LogP contribution in [0.15, 0.2) is 40.9 Å². The predicted octanol–water partition coefficient (Wildman–Crippen LogP) is 4.71. The maximum atomic E-state index is 12.2. The Hall–Kier alpha value is -1.56. The minimum atomic E-state index is -1.14. The molecule has 7 heteroatoms. The van der Waals surface area contributed by atoms with Gasteiger partial charge >= 0.3 is 5.97 Å². The Morgan fingerprint density at radius 2 is 1.71 bits per heavy atom. The molecule has 2 aromatic rings. The lowest BCUT2D eigenvalue weighted by Gasteiger charge is -2.11. The lowest BCUT2D eigenvalue weighted by Crippen LogP contribution is -2.15. The van der Waals surface area contributed by atoms with E-state index in [2.05, 4.69) is 21.2 Å². The van der Waals surface area contributed by atoms with E-state index in [0.717, 1.165) is 0 Å². The van der Waals surface area contributed by atoms with E-state index in [9.17, 15) is 9.59 Å². The number of para-hydroxylation sites is 1. The topological polar surface area (TPSA) is 66.4 Å². The highest BCUT2D eigenvalue weighted by molar-refractivity contribution is 9.10. The summed E-state index contributed by atoms with van der Waals surface area (Å²) in [6, 6.07) is 8.99. The maximum absolute atomic E-state index is 12.2. The molecule has 2 rings (SSSR count). The first-order chi connectivity index (χ1) is 9.88. The van der Waals surface area contributed by atoms with Gasteiger partial charge in [0.2, 0.25) is 0 Å². The van der Waals surface area contributed by atoms with E-state index in [1.54, 1.807) is 12.1 Å². The molecule has 0 fully saturated rings. The van der Waals surface area contributed by atoms with Crippen molar-refractivity contribution in [3.8, 4) is 0 Å². The van der Waals surface area contributed by atoms with Crippen molar-refractivity contribution in [1.29, 1.82) is 0 Å². The number of carboxylic acid groups (broad SMARTS) is 1. The first-order valence-corrected chi connectivity index (χ1v) is 7.22. The number of carbonyl (C=O) groups excluding carboxylic acids is 1. The highest BCUT2D eigenvalue weighted by Crippen LogP contribution is 2.28. The molecule has 0 unspecified atom stereocenters. The number of anilines is 1. The smallest absolute Gasteiger partial charge is 0.337 e. The number of nitrogens with one attached hydrogen (secondary N) is 1. The minimum absolute atomic E-state index is 0.0224. The van der Waals surface area contributed by atoms with Gasteiger partial charge in [-0.1, -0.05) is 29.3 Å². The van der Waals surface area contributed by atoms with Gasteiger partial charge in [-0.15, -0.1) is 0 Å². The van der Waals surface area contributed by atoms with Crippen LogP contribution in [0, 0.1) is 0 Å². The van der Waals surface area contributed by atoms with Gasteiger partial charge in [0.25, 0.3) is 5.91 Å². The number of halogens is 3. The van der Waals surface area contributed by atoms with Crippen LogP contribution in [0.3, 0.4) is 0 Å². The second kappa shape index (κ2) is 6.47. The van der Waals surface area contributed by atoms with E-state index in [0.29, 0.717) is 14.5 Å². The van der Waals surface area contributed by atoms with Gasteiger partial charge in [-0.2, -0.15) is 0 Å². The van der Waals surface area contributed by atoms with Crippen molar-refractivity contribution < 1.29 is 14.7 Å². The molecule has 0 bridgehead atoms. The number of amides is 1. The molecule has 0 aliphatic rings. The minimum Gasteiger partial charge on any atom is -0.478 e. The molecule has 0 atom stereocenters. The van der Waals surface area contributed by atoms with Crippen molar-refractivity contribution in [1.82, 2.24) is 0 Å². The normalized spacial score (nSPS) is 10.2. The number of hydrogen-bond donors (Lipinski definition) is 2. The van der Waals surface area contributed by atoms with E-state index < -0.39 is 11.9 Å². The van der Waals surface area contributed by atoms with Crippen LogP contribution in [-0.2, 0) is 0 Å². The fourth-order valence-corrected chi connectivity index (χ4v) is 2.69. The number of benzene rings is 2. The number of rotatable bonds is 3. The van der Waals surface area contributed by atoms with Crippen LogP contribution in [0.2, 0.25) is 10.0 Å². The zero-order chi connectivity index (χ0) is 15.6. The highest BCUT2D eigenvalue weighted by Gasteiger charge is 2.16. The van der Waals surface area contributed by atoms with Gasteiger partial charge in [-0.3, -0.25) is 4.79 Å². The molecule has 0 aromatic heterocycles. The summed E-state index contributed by atoms with van der Waals surface area (Å²) in [6.07, 6.45) is 0. The number of aromatic carboxylic acids is 1. The molecule has 0 saturated heterocycles. The zero-order valence-electron chi connectivity index (χ0n) is 10.4. The molecular weight excluding hydrogens is 381 g/mol. The van der Waals surface area contributed by atoms with E-state index in [1.807, 2.05) is 0 Å². The first kappa shape index (κ1) is 15.8. The van der Waals surface area contributed by atoms with Gasteiger partial charge in [-0.25, -0.2) is 4.79 Å². The molecule has 4 nitrogen and oxygen atoms in total. The van der Waals surface area contributed by atoms with Crippen molar-refractivity contribution >= 4 is 56.7 Å². The van der Waals surface area contributed by atoms with Crippen LogP contribution >= 0.6 is 39.1 Å². The van der Waals surface area contributed by atoms with E-state index in [-0.39, 0.29) is 16.8 Å². The van der Waals surface area contributed by atoms with Crippen LogP contribution in [0.5, 0.6) is 0 Å². The molecular formula is C14H8BrCl2NO3. The van der Waals surface area contributed by atoms with Gasteiger partial charge in [0, 0.05) is 20.1 Å². The van der Waals surface area contributed by atoms with Gasteiger partial charge in [0.15, 0.2) is 0 Å². The summed E-state index contributed by atoms with van der Waals surface area (Å²) in [6.45, 7) is 0. The quantitative estimate of drug-likeness (QED) is 0.800. The second-order valence-electron chi connectivity index (χ2n) is 4.08. The van der Waals surface area contributed by atoms with Crippen LogP contribution in [0.25, 0.3) is 0 Å². The van der Waals surface area contributed by atoms with Crippen molar-refractivity contribution in [2.24, 2.45) is 0 Å². The van der Waals surface area contributed by atoms with Gasteiger partial charge in [0.1, 0.15) is 0 Å². The molecule has 0 spiro atoms. The molecule has 0 radical (unpaired) electrons. The van der Waals surface area contributed by atoms with Crippen LogP contribution < -0.4 is 5.32 Å². The second-order valence-corrected chi connectivity index (χ2v) is 5.81. The molecule has 0 saturated carbocycles. The lowest BCUT2D eigenvalue weighted by molar-refractivity contribution is 0.0698. The van der Waals surface area contributed by atoms with Crippen LogP contribution in [-0.4, -0.2) is 17.0 Å². The Morgan fingerprint density at radius 3 is 2.29 bits per heavy atom. The molecule has 0 heterocycles. The summed E-state index contributed by atoms with van der Waals surface area (Å²) in [5, 5.41) is 12.3. The molecule has 21 heavy (non-hydrogen) atoms. The standard InChI is InChI=1S/C14H8BrCl2NO3/c15-11-3-1-2-10(14(20)21)12(11)18-13(19)7-4-8(16)6-9(17)5-7/h1-6H,(H,18,19)(H,20,21). The van der Waals surface area contributed by atoms with Gasteiger partial charge < -0.3 is 10.4 Å². The maximum Gasteiger partial charge on any atom is 0.337 e. The van der Waals surface area contributed by atoms with Crippen molar-refractivity contribution in [2.75, 3.05) is 5.32 Å². The predicted molar refractivity (Wildman–Crippen MR) is 85.5 cm³/mol. The number of carbonyl (C=O) groups is 2. The third-order valence-corrected chi connectivity index (χ3v) is 3.70. The lowest BCUT2D eigenvalue weighted by atomic mass is 10.1. The Morgan fingerprint density at radius 1 is 1.10 bits per heavy atom. The van der Waals surface area contributed by atoms with E-state index in [1.165, 1.54) is 24.3 Å². The highest BCUT2D eigenvalue weighted by atomic mass is 79.9. The Kier molecular flexibility index (Phi) is 4.88. The fourth-order valence-electron chi connectivity index (χ4n) is 1.70. The summed E-state index contributed by atoms with van der Waals surface area (Å²) >= 11 is 14.9. The third kappa shape index (κ3) is 3.75. The van der Waals surface area contributed by atoms with Crippen molar-refractivity contribution in [2.45, 2.75) is 0 Å². The van der Waals surface area contributed by atoms with Crippen LogP contribution in [0.4, 0.5) is 5.69 Å². The summed E-state index contributed by atoms with van der Waals surface area (Å²) in [5.41, 5.74) is 0.386. The van der Waals surface area contributed by atoms with E-state index >= 15 is 0 Å². The number of hydrogen-bond acceptors (Lipinski definition) is 2. The molecule has 108 valence electrons. The summed E-state index contributed by atoms with van der Waals surface area (Å²) in [7, 11) is 0. The monoisotopic (exact) mass is 387 g/mol. The summed E-state index contributed by atoms with van der Waals surface area (Å²) < 4.78 is 0.462.